The van der Waals surface area contributed by atoms with Gasteiger partial charge < -0.3 is 5.73 Å². The highest BCUT2D eigenvalue weighted by atomic mass is 32.1. The lowest BCUT2D eigenvalue weighted by Crippen LogP contribution is -2.40. The summed E-state index contributed by atoms with van der Waals surface area (Å²) in [7, 11) is 0. The Morgan fingerprint density at radius 2 is 2.27 bits per heavy atom. The van der Waals surface area contributed by atoms with Gasteiger partial charge in [-0.05, 0) is 12.8 Å². The predicted octanol–water partition coefficient (Wildman–Crippen LogP) is 1.16. The summed E-state index contributed by atoms with van der Waals surface area (Å²) in [6, 6.07) is -0.487. The standard InChI is InChI=1S/C9H16N4OS/c1-4-5(2)7(10)8(14)11-9-13-12-6(3)15-9/h5,7H,4,10H2,1-3H3,(H,11,13,14)/t5?,7-/m0/s1. The molecule has 5 nitrogen and oxygen atoms in total. The van der Waals surface area contributed by atoms with Crippen molar-refractivity contribution < 1.29 is 4.79 Å². The molecule has 1 aromatic heterocycles. The van der Waals surface area contributed by atoms with Gasteiger partial charge in [0.05, 0.1) is 6.04 Å². The minimum Gasteiger partial charge on any atom is -0.320 e. The van der Waals surface area contributed by atoms with E-state index in [1.807, 2.05) is 20.8 Å². The molecule has 0 bridgehead atoms. The van der Waals surface area contributed by atoms with Gasteiger partial charge in [0, 0.05) is 0 Å². The number of carbonyl (C=O) groups is 1. The second-order valence-electron chi connectivity index (χ2n) is 3.53. The summed E-state index contributed by atoms with van der Waals surface area (Å²) in [6.07, 6.45) is 0.879. The van der Waals surface area contributed by atoms with E-state index in [2.05, 4.69) is 15.5 Å². The molecule has 1 unspecified atom stereocenters. The van der Waals surface area contributed by atoms with Crippen molar-refractivity contribution >= 4 is 22.4 Å². The third-order valence-corrected chi connectivity index (χ3v) is 3.07. The molecule has 1 amide bonds. The van der Waals surface area contributed by atoms with Crippen LogP contribution >= 0.6 is 11.3 Å². The van der Waals surface area contributed by atoms with Gasteiger partial charge in [0.25, 0.3) is 0 Å². The lowest BCUT2D eigenvalue weighted by molar-refractivity contribution is -0.118. The third-order valence-electron chi connectivity index (χ3n) is 2.32. The van der Waals surface area contributed by atoms with Crippen LogP contribution in [-0.4, -0.2) is 22.1 Å². The largest absolute Gasteiger partial charge is 0.320 e. The highest BCUT2D eigenvalue weighted by molar-refractivity contribution is 7.15. The number of nitrogens with two attached hydrogens (primary N) is 1. The van der Waals surface area contributed by atoms with E-state index in [0.29, 0.717) is 5.13 Å². The summed E-state index contributed by atoms with van der Waals surface area (Å²) in [5.74, 6) is -0.0282. The van der Waals surface area contributed by atoms with E-state index in [-0.39, 0.29) is 11.8 Å². The maximum absolute atomic E-state index is 11.6. The second-order valence-corrected chi connectivity index (χ2v) is 4.71. The number of amides is 1. The lowest BCUT2D eigenvalue weighted by atomic mass is 10.00. The van der Waals surface area contributed by atoms with Gasteiger partial charge in [-0.3, -0.25) is 10.1 Å². The zero-order valence-corrected chi connectivity index (χ0v) is 9.97. The third kappa shape index (κ3) is 3.24. The number of nitrogens with zero attached hydrogens (tertiary/aromatic N) is 2. The molecule has 0 saturated carbocycles. The maximum atomic E-state index is 11.6. The zero-order chi connectivity index (χ0) is 11.4. The average Bonchev–Trinajstić information content (AvgIpc) is 2.61. The molecule has 0 fully saturated rings. The number of anilines is 1. The van der Waals surface area contributed by atoms with E-state index in [1.54, 1.807) is 0 Å². The Balaban J connectivity index is 2.55. The number of hydrogen-bond acceptors (Lipinski definition) is 5. The van der Waals surface area contributed by atoms with Crippen LogP contribution in [0.5, 0.6) is 0 Å². The van der Waals surface area contributed by atoms with Crippen LogP contribution in [0.2, 0.25) is 0 Å². The molecule has 0 aliphatic rings. The smallest absolute Gasteiger partial charge is 0.243 e. The number of nitrogens with one attached hydrogen (secondary N) is 1. The van der Waals surface area contributed by atoms with E-state index in [9.17, 15) is 4.79 Å². The van der Waals surface area contributed by atoms with Gasteiger partial charge >= 0.3 is 0 Å². The Hall–Kier alpha value is -1.01. The SMILES string of the molecule is CCC(C)[C@H](N)C(=O)Nc1nnc(C)s1. The van der Waals surface area contributed by atoms with Crippen LogP contribution in [0.25, 0.3) is 0 Å². The number of rotatable bonds is 4. The molecular formula is C9H16N4OS. The van der Waals surface area contributed by atoms with Crippen LogP contribution < -0.4 is 11.1 Å². The van der Waals surface area contributed by atoms with E-state index in [4.69, 9.17) is 5.73 Å². The van der Waals surface area contributed by atoms with Crippen LogP contribution in [0.1, 0.15) is 25.3 Å². The quantitative estimate of drug-likeness (QED) is 0.810. The summed E-state index contributed by atoms with van der Waals surface area (Å²) in [5, 5.41) is 11.6. The topological polar surface area (TPSA) is 80.9 Å². The summed E-state index contributed by atoms with van der Waals surface area (Å²) in [4.78, 5) is 11.6. The van der Waals surface area contributed by atoms with Gasteiger partial charge in [-0.25, -0.2) is 0 Å². The van der Waals surface area contributed by atoms with Crippen LogP contribution in [0.4, 0.5) is 5.13 Å². The van der Waals surface area contributed by atoms with Crippen LogP contribution in [-0.2, 0) is 4.79 Å². The Morgan fingerprint density at radius 1 is 1.60 bits per heavy atom. The van der Waals surface area contributed by atoms with Crippen molar-refractivity contribution in [3.63, 3.8) is 0 Å². The van der Waals surface area contributed by atoms with Gasteiger partial charge in [-0.2, -0.15) is 0 Å². The molecule has 1 rings (SSSR count). The van der Waals surface area contributed by atoms with Crippen molar-refractivity contribution in [2.45, 2.75) is 33.2 Å². The molecule has 0 aliphatic carbocycles. The molecule has 15 heavy (non-hydrogen) atoms. The van der Waals surface area contributed by atoms with Crippen molar-refractivity contribution in [3.8, 4) is 0 Å². The lowest BCUT2D eigenvalue weighted by Gasteiger charge is -2.16. The van der Waals surface area contributed by atoms with Crippen molar-refractivity contribution in [1.29, 1.82) is 0 Å². The number of aryl methyl sites for hydroxylation is 1. The van der Waals surface area contributed by atoms with Crippen molar-refractivity contribution in [3.05, 3.63) is 5.01 Å². The van der Waals surface area contributed by atoms with Gasteiger partial charge in [0.15, 0.2) is 0 Å². The molecular weight excluding hydrogens is 212 g/mol. The predicted molar refractivity (Wildman–Crippen MR) is 60.7 cm³/mol. The molecule has 1 heterocycles. The first-order chi connectivity index (χ1) is 7.04. The molecule has 0 spiro atoms. The molecule has 1 aromatic rings. The summed E-state index contributed by atoms with van der Waals surface area (Å²) in [6.45, 7) is 5.80. The van der Waals surface area contributed by atoms with Crippen LogP contribution in [0.15, 0.2) is 0 Å². The van der Waals surface area contributed by atoms with Gasteiger partial charge in [0.1, 0.15) is 5.01 Å². The Bertz CT molecular complexity index is 339. The normalized spacial score (nSPS) is 14.7. The van der Waals surface area contributed by atoms with Gasteiger partial charge in [-0.15, -0.1) is 10.2 Å². The number of hydrogen-bond donors (Lipinski definition) is 2. The minimum atomic E-state index is -0.487. The van der Waals surface area contributed by atoms with Crippen LogP contribution in [0, 0.1) is 12.8 Å². The molecule has 3 N–H and O–H groups in total. The summed E-state index contributed by atoms with van der Waals surface area (Å²) in [5.41, 5.74) is 5.77. The first-order valence-electron chi connectivity index (χ1n) is 4.91. The molecule has 0 saturated heterocycles. The Morgan fingerprint density at radius 3 is 2.73 bits per heavy atom. The van der Waals surface area contributed by atoms with Crippen molar-refractivity contribution in [2.75, 3.05) is 5.32 Å². The van der Waals surface area contributed by atoms with E-state index in [0.717, 1.165) is 11.4 Å². The molecule has 2 atom stereocenters. The van der Waals surface area contributed by atoms with Crippen LogP contribution in [0.3, 0.4) is 0 Å². The van der Waals surface area contributed by atoms with Crippen molar-refractivity contribution in [1.82, 2.24) is 10.2 Å². The number of carbonyl (C=O) groups excluding carboxylic acids is 1. The second kappa shape index (κ2) is 5.18. The molecule has 6 heteroatoms. The maximum Gasteiger partial charge on any atom is 0.243 e. The Labute approximate surface area is 93.1 Å². The fourth-order valence-corrected chi connectivity index (χ4v) is 1.64. The first kappa shape index (κ1) is 12.1. The summed E-state index contributed by atoms with van der Waals surface area (Å²) >= 11 is 1.34. The monoisotopic (exact) mass is 228 g/mol. The zero-order valence-electron chi connectivity index (χ0n) is 9.15. The molecule has 0 aliphatic heterocycles. The summed E-state index contributed by atoms with van der Waals surface area (Å²) < 4.78 is 0. The van der Waals surface area contributed by atoms with Gasteiger partial charge in [0.2, 0.25) is 11.0 Å². The highest BCUT2D eigenvalue weighted by Gasteiger charge is 2.20. The van der Waals surface area contributed by atoms with Gasteiger partial charge in [-0.1, -0.05) is 31.6 Å². The van der Waals surface area contributed by atoms with E-state index < -0.39 is 6.04 Å². The molecule has 0 radical (unpaired) electrons. The van der Waals surface area contributed by atoms with E-state index >= 15 is 0 Å². The highest BCUT2D eigenvalue weighted by Crippen LogP contribution is 2.15. The first-order valence-corrected chi connectivity index (χ1v) is 5.72. The number of aromatic nitrogens is 2. The van der Waals surface area contributed by atoms with Crippen molar-refractivity contribution in [2.24, 2.45) is 11.7 Å². The molecule has 0 aromatic carbocycles. The fourth-order valence-electron chi connectivity index (χ4n) is 1.05. The average molecular weight is 228 g/mol. The fraction of sp³-hybridized carbons (Fsp3) is 0.667. The Kier molecular flexibility index (Phi) is 4.16. The van der Waals surface area contributed by atoms with E-state index in [1.165, 1.54) is 11.3 Å². The minimum absolute atomic E-state index is 0.166. The molecule has 84 valence electrons.